The number of hydrogen-bond donors (Lipinski definition) is 1. The van der Waals surface area contributed by atoms with Gasteiger partial charge in [-0.15, -0.1) is 0 Å². The third kappa shape index (κ3) is 4.49. The largest absolute Gasteiger partial charge is 0.325 e. The van der Waals surface area contributed by atoms with Gasteiger partial charge in [0.2, 0.25) is 5.91 Å². The number of thioether (sulfide) groups is 1. The lowest BCUT2D eigenvalue weighted by Gasteiger charge is -2.08. The molecule has 0 saturated heterocycles. The number of carbonyl (C=O) groups excluding carboxylic acids is 1. The predicted molar refractivity (Wildman–Crippen MR) is 99.6 cm³/mol. The SMILES string of the molecule is O=C(Cn1cnc2ccc([N+](=O)[O-])cc2c1=O)Nc1ccc(SC(F)F)cc1. The van der Waals surface area contributed by atoms with Gasteiger partial charge in [0.25, 0.3) is 17.0 Å². The van der Waals surface area contributed by atoms with Crippen LogP contribution in [0.15, 0.2) is 58.5 Å². The number of nitro benzene ring substituents is 1. The van der Waals surface area contributed by atoms with Crippen molar-refractivity contribution in [3.63, 3.8) is 0 Å². The third-order valence-corrected chi connectivity index (χ3v) is 4.42. The summed E-state index contributed by atoms with van der Waals surface area (Å²) >= 11 is 0.387. The number of non-ortho nitro benzene ring substituents is 1. The number of rotatable bonds is 6. The van der Waals surface area contributed by atoms with Crippen LogP contribution in [0.2, 0.25) is 0 Å². The maximum absolute atomic E-state index is 12.5. The van der Waals surface area contributed by atoms with Gasteiger partial charge in [0.15, 0.2) is 0 Å². The molecule has 3 aromatic rings. The molecule has 11 heteroatoms. The van der Waals surface area contributed by atoms with Crippen LogP contribution in [-0.4, -0.2) is 26.1 Å². The van der Waals surface area contributed by atoms with Crippen molar-refractivity contribution < 1.29 is 18.5 Å². The first-order chi connectivity index (χ1) is 13.3. The Labute approximate surface area is 160 Å². The van der Waals surface area contributed by atoms with Gasteiger partial charge in [0, 0.05) is 22.7 Å². The molecule has 0 saturated carbocycles. The normalized spacial score (nSPS) is 11.0. The van der Waals surface area contributed by atoms with Gasteiger partial charge in [-0.2, -0.15) is 8.78 Å². The number of carbonyl (C=O) groups is 1. The van der Waals surface area contributed by atoms with Crippen LogP contribution in [0.3, 0.4) is 0 Å². The second-order valence-electron chi connectivity index (χ2n) is 5.59. The van der Waals surface area contributed by atoms with Crippen LogP contribution in [0.1, 0.15) is 0 Å². The number of nitro groups is 1. The Kier molecular flexibility index (Phi) is 5.64. The van der Waals surface area contributed by atoms with E-state index in [1.807, 2.05) is 0 Å². The summed E-state index contributed by atoms with van der Waals surface area (Å²) in [5, 5.41) is 13.4. The molecule has 1 aromatic heterocycles. The van der Waals surface area contributed by atoms with Crippen LogP contribution in [-0.2, 0) is 11.3 Å². The first-order valence-electron chi connectivity index (χ1n) is 7.82. The van der Waals surface area contributed by atoms with E-state index in [1.54, 1.807) is 0 Å². The van der Waals surface area contributed by atoms with Crippen molar-refractivity contribution >= 4 is 39.9 Å². The quantitative estimate of drug-likeness (QED) is 0.383. The highest BCUT2D eigenvalue weighted by atomic mass is 32.2. The minimum atomic E-state index is -2.54. The number of alkyl halides is 2. The number of nitrogens with one attached hydrogen (secondary N) is 1. The molecule has 1 amide bonds. The smallest absolute Gasteiger partial charge is 0.288 e. The molecule has 0 atom stereocenters. The van der Waals surface area contributed by atoms with Crippen molar-refractivity contribution in [3.05, 3.63) is 69.3 Å². The van der Waals surface area contributed by atoms with E-state index in [2.05, 4.69) is 10.3 Å². The minimum Gasteiger partial charge on any atom is -0.325 e. The fourth-order valence-corrected chi connectivity index (χ4v) is 2.95. The highest BCUT2D eigenvalue weighted by Gasteiger charge is 2.13. The number of nitrogens with zero attached hydrogens (tertiary/aromatic N) is 3. The van der Waals surface area contributed by atoms with Crippen molar-refractivity contribution in [2.24, 2.45) is 0 Å². The molecule has 0 aliphatic heterocycles. The van der Waals surface area contributed by atoms with Crippen molar-refractivity contribution in [2.45, 2.75) is 17.2 Å². The molecule has 1 heterocycles. The molecule has 0 aliphatic carbocycles. The van der Waals surface area contributed by atoms with Crippen LogP contribution >= 0.6 is 11.8 Å². The lowest BCUT2D eigenvalue weighted by molar-refractivity contribution is -0.384. The third-order valence-electron chi connectivity index (χ3n) is 3.70. The molecule has 1 N–H and O–H groups in total. The predicted octanol–water partition coefficient (Wildman–Crippen LogP) is 3.26. The Bertz CT molecular complexity index is 1100. The summed E-state index contributed by atoms with van der Waals surface area (Å²) in [4.78, 5) is 39.3. The molecule has 0 radical (unpaired) electrons. The van der Waals surface area contributed by atoms with Crippen LogP contribution in [0, 0.1) is 10.1 Å². The second kappa shape index (κ2) is 8.13. The van der Waals surface area contributed by atoms with E-state index in [-0.39, 0.29) is 23.1 Å². The van der Waals surface area contributed by atoms with Crippen LogP contribution in [0.25, 0.3) is 10.9 Å². The van der Waals surface area contributed by atoms with Crippen LogP contribution in [0.5, 0.6) is 0 Å². The zero-order chi connectivity index (χ0) is 20.3. The maximum atomic E-state index is 12.5. The number of amides is 1. The molecular formula is C17H12F2N4O4S. The average molecular weight is 406 g/mol. The maximum Gasteiger partial charge on any atom is 0.288 e. The summed E-state index contributed by atoms with van der Waals surface area (Å²) in [6.45, 7) is -0.363. The fourth-order valence-electron chi connectivity index (χ4n) is 2.45. The lowest BCUT2D eigenvalue weighted by Crippen LogP contribution is -2.27. The first-order valence-corrected chi connectivity index (χ1v) is 8.70. The van der Waals surface area contributed by atoms with Crippen molar-refractivity contribution in [1.82, 2.24) is 9.55 Å². The van der Waals surface area contributed by atoms with E-state index in [0.717, 1.165) is 10.6 Å². The number of halogens is 2. The van der Waals surface area contributed by atoms with Gasteiger partial charge in [0.1, 0.15) is 6.54 Å². The Morgan fingerprint density at radius 3 is 2.61 bits per heavy atom. The van der Waals surface area contributed by atoms with Gasteiger partial charge in [-0.3, -0.25) is 24.3 Å². The Balaban J connectivity index is 1.76. The zero-order valence-corrected chi connectivity index (χ0v) is 14.9. The topological polar surface area (TPSA) is 107 Å². The summed E-state index contributed by atoms with van der Waals surface area (Å²) in [7, 11) is 0. The van der Waals surface area contributed by atoms with Crippen LogP contribution in [0.4, 0.5) is 20.2 Å². The number of anilines is 1. The fraction of sp³-hybridized carbons (Fsp3) is 0.118. The minimum absolute atomic E-state index is 0.0258. The zero-order valence-electron chi connectivity index (χ0n) is 14.0. The Hall–Kier alpha value is -3.34. The molecule has 3 rings (SSSR count). The molecule has 0 fully saturated rings. The van der Waals surface area contributed by atoms with Gasteiger partial charge in [-0.05, 0) is 30.3 Å². The lowest BCUT2D eigenvalue weighted by atomic mass is 10.2. The Morgan fingerprint density at radius 2 is 1.96 bits per heavy atom. The average Bonchev–Trinajstić information content (AvgIpc) is 2.65. The summed E-state index contributed by atoms with van der Waals surface area (Å²) in [5.74, 6) is -3.08. The molecule has 28 heavy (non-hydrogen) atoms. The van der Waals surface area contributed by atoms with Gasteiger partial charge in [0.05, 0.1) is 22.2 Å². The number of aromatic nitrogens is 2. The number of benzene rings is 2. The molecule has 2 aromatic carbocycles. The van der Waals surface area contributed by atoms with E-state index in [9.17, 15) is 28.5 Å². The monoisotopic (exact) mass is 406 g/mol. The highest BCUT2D eigenvalue weighted by Crippen LogP contribution is 2.26. The van der Waals surface area contributed by atoms with Crippen molar-refractivity contribution in [3.8, 4) is 0 Å². The van der Waals surface area contributed by atoms with Crippen molar-refractivity contribution in [1.29, 1.82) is 0 Å². The van der Waals surface area contributed by atoms with E-state index in [1.165, 1.54) is 42.7 Å². The highest BCUT2D eigenvalue weighted by molar-refractivity contribution is 7.99. The summed E-state index contributed by atoms with van der Waals surface area (Å²) < 4.78 is 25.6. The molecule has 8 nitrogen and oxygen atoms in total. The summed E-state index contributed by atoms with van der Waals surface area (Å²) in [6, 6.07) is 9.52. The van der Waals surface area contributed by atoms with E-state index < -0.39 is 22.1 Å². The van der Waals surface area contributed by atoms with Gasteiger partial charge < -0.3 is 5.32 Å². The Morgan fingerprint density at radius 1 is 1.25 bits per heavy atom. The summed E-state index contributed by atoms with van der Waals surface area (Å²) in [6.07, 6.45) is 1.18. The molecular weight excluding hydrogens is 394 g/mol. The van der Waals surface area contributed by atoms with Gasteiger partial charge in [-0.1, -0.05) is 11.8 Å². The number of fused-ring (bicyclic) bond motifs is 1. The van der Waals surface area contributed by atoms with E-state index in [4.69, 9.17) is 0 Å². The second-order valence-corrected chi connectivity index (χ2v) is 6.65. The molecule has 0 aliphatic rings. The van der Waals surface area contributed by atoms with Gasteiger partial charge in [-0.25, -0.2) is 4.98 Å². The first kappa shape index (κ1) is 19.4. The molecule has 144 valence electrons. The molecule has 0 unspecified atom stereocenters. The van der Waals surface area contributed by atoms with E-state index in [0.29, 0.717) is 22.3 Å². The molecule has 0 bridgehead atoms. The molecule has 0 spiro atoms. The van der Waals surface area contributed by atoms with E-state index >= 15 is 0 Å². The summed E-state index contributed by atoms with van der Waals surface area (Å²) in [5.41, 5.74) is -0.191. The van der Waals surface area contributed by atoms with Crippen LogP contribution < -0.4 is 10.9 Å². The standard InChI is InChI=1S/C17H12F2N4O4S/c18-17(19)28-12-4-1-10(2-5-12)21-15(24)8-22-9-20-14-6-3-11(23(26)27)7-13(14)16(22)25/h1-7,9,17H,8H2,(H,21,24). The van der Waals surface area contributed by atoms with Gasteiger partial charge >= 0.3 is 0 Å². The van der Waals surface area contributed by atoms with Crippen molar-refractivity contribution in [2.75, 3.05) is 5.32 Å². The number of hydrogen-bond acceptors (Lipinski definition) is 6.